The summed E-state index contributed by atoms with van der Waals surface area (Å²) in [5.74, 6) is 0.386. The smallest absolute Gasteiger partial charge is 0.240 e. The SMILES string of the molecule is CC(C)c1ccc(S(=O)(=O)NCC(c2ccsc2)N(C)C)cc1. The molecule has 0 spiro atoms. The third-order valence-corrected chi connectivity index (χ3v) is 6.02. The average Bonchev–Trinajstić information content (AvgIpc) is 3.01. The van der Waals surface area contributed by atoms with Crippen LogP contribution in [0.15, 0.2) is 46.0 Å². The second-order valence-corrected chi connectivity index (χ2v) is 8.66. The fourth-order valence-corrected chi connectivity index (χ4v) is 4.11. The molecule has 126 valence electrons. The van der Waals surface area contributed by atoms with Gasteiger partial charge in [0, 0.05) is 12.6 Å². The highest BCUT2D eigenvalue weighted by atomic mass is 32.2. The number of nitrogens with one attached hydrogen (secondary N) is 1. The minimum Gasteiger partial charge on any atom is -0.301 e. The van der Waals surface area contributed by atoms with Crippen molar-refractivity contribution < 1.29 is 8.42 Å². The molecular weight excluding hydrogens is 328 g/mol. The maximum Gasteiger partial charge on any atom is 0.240 e. The largest absolute Gasteiger partial charge is 0.301 e. The van der Waals surface area contributed by atoms with E-state index in [1.54, 1.807) is 23.5 Å². The van der Waals surface area contributed by atoms with Gasteiger partial charge >= 0.3 is 0 Å². The van der Waals surface area contributed by atoms with Crippen molar-refractivity contribution in [3.8, 4) is 0 Å². The number of sulfonamides is 1. The van der Waals surface area contributed by atoms with E-state index in [9.17, 15) is 8.42 Å². The van der Waals surface area contributed by atoms with Crippen LogP contribution in [0.25, 0.3) is 0 Å². The maximum atomic E-state index is 12.5. The second-order valence-electron chi connectivity index (χ2n) is 6.11. The summed E-state index contributed by atoms with van der Waals surface area (Å²) in [4.78, 5) is 2.33. The Morgan fingerprint density at radius 3 is 2.22 bits per heavy atom. The molecular formula is C17H24N2O2S2. The first-order valence-corrected chi connectivity index (χ1v) is 10.0. The number of hydrogen-bond acceptors (Lipinski definition) is 4. The first-order valence-electron chi connectivity index (χ1n) is 7.59. The molecule has 0 amide bonds. The minimum absolute atomic E-state index is 0.0194. The molecule has 23 heavy (non-hydrogen) atoms. The third kappa shape index (κ3) is 4.64. The van der Waals surface area contributed by atoms with Gasteiger partial charge in [0.25, 0.3) is 0 Å². The summed E-state index contributed by atoms with van der Waals surface area (Å²) >= 11 is 1.62. The number of rotatable bonds is 7. The van der Waals surface area contributed by atoms with Gasteiger partial charge in [-0.1, -0.05) is 26.0 Å². The molecule has 0 aliphatic carbocycles. The molecule has 0 aliphatic rings. The van der Waals surface area contributed by atoms with Crippen LogP contribution >= 0.6 is 11.3 Å². The predicted octanol–water partition coefficient (Wildman–Crippen LogP) is 3.45. The van der Waals surface area contributed by atoms with Crippen molar-refractivity contribution in [2.75, 3.05) is 20.6 Å². The summed E-state index contributed by atoms with van der Waals surface area (Å²) in [6.45, 7) is 4.52. The van der Waals surface area contributed by atoms with E-state index < -0.39 is 10.0 Å². The van der Waals surface area contributed by atoms with Gasteiger partial charge in [0.2, 0.25) is 10.0 Å². The topological polar surface area (TPSA) is 49.4 Å². The van der Waals surface area contributed by atoms with Crippen molar-refractivity contribution in [1.29, 1.82) is 0 Å². The van der Waals surface area contributed by atoms with Crippen LogP contribution in [-0.4, -0.2) is 34.0 Å². The average molecular weight is 353 g/mol. The summed E-state index contributed by atoms with van der Waals surface area (Å²) in [5.41, 5.74) is 2.26. The van der Waals surface area contributed by atoms with Crippen LogP contribution in [0.1, 0.15) is 36.9 Å². The fraction of sp³-hybridized carbons (Fsp3) is 0.412. The lowest BCUT2D eigenvalue weighted by Gasteiger charge is -2.24. The highest BCUT2D eigenvalue weighted by molar-refractivity contribution is 7.89. The zero-order valence-corrected chi connectivity index (χ0v) is 15.6. The van der Waals surface area contributed by atoms with Crippen molar-refractivity contribution in [2.24, 2.45) is 0 Å². The Morgan fingerprint density at radius 2 is 1.74 bits per heavy atom. The van der Waals surface area contributed by atoms with Crippen molar-refractivity contribution in [3.05, 3.63) is 52.2 Å². The molecule has 1 heterocycles. The van der Waals surface area contributed by atoms with Gasteiger partial charge < -0.3 is 4.90 Å². The van der Waals surface area contributed by atoms with E-state index in [2.05, 4.69) is 23.9 Å². The monoisotopic (exact) mass is 352 g/mol. The Bertz CT molecular complexity index is 706. The molecule has 0 saturated heterocycles. The summed E-state index contributed by atoms with van der Waals surface area (Å²) in [5, 5.41) is 4.06. The molecule has 1 aromatic carbocycles. The van der Waals surface area contributed by atoms with Crippen molar-refractivity contribution in [1.82, 2.24) is 9.62 Å². The highest BCUT2D eigenvalue weighted by Crippen LogP contribution is 2.21. The van der Waals surface area contributed by atoms with Gasteiger partial charge in [-0.3, -0.25) is 0 Å². The normalized spacial score (nSPS) is 13.7. The number of thiophene rings is 1. The van der Waals surface area contributed by atoms with Crippen LogP contribution in [-0.2, 0) is 10.0 Å². The van der Waals surface area contributed by atoms with Crippen LogP contribution in [0.3, 0.4) is 0 Å². The molecule has 2 rings (SSSR count). The molecule has 0 radical (unpaired) electrons. The Kier molecular flexibility index (Phi) is 5.97. The van der Waals surface area contributed by atoms with Crippen LogP contribution in [0.2, 0.25) is 0 Å². The van der Waals surface area contributed by atoms with E-state index in [0.29, 0.717) is 17.4 Å². The lowest BCUT2D eigenvalue weighted by atomic mass is 10.0. The van der Waals surface area contributed by atoms with Gasteiger partial charge in [-0.05, 0) is 60.1 Å². The zero-order valence-electron chi connectivity index (χ0n) is 14.0. The van der Waals surface area contributed by atoms with E-state index in [4.69, 9.17) is 0 Å². The van der Waals surface area contributed by atoms with Crippen LogP contribution < -0.4 is 4.72 Å². The van der Waals surface area contributed by atoms with Crippen molar-refractivity contribution in [3.63, 3.8) is 0 Å². The van der Waals surface area contributed by atoms with E-state index in [1.807, 2.05) is 42.6 Å². The quantitative estimate of drug-likeness (QED) is 0.830. The van der Waals surface area contributed by atoms with E-state index >= 15 is 0 Å². The molecule has 6 heteroatoms. The summed E-state index contributed by atoms with van der Waals surface area (Å²) in [7, 11) is 0.409. The Labute approximate surface area is 143 Å². The van der Waals surface area contributed by atoms with Crippen molar-refractivity contribution in [2.45, 2.75) is 30.7 Å². The van der Waals surface area contributed by atoms with Crippen LogP contribution in [0.5, 0.6) is 0 Å². The lowest BCUT2D eigenvalue weighted by molar-refractivity contribution is 0.300. The third-order valence-electron chi connectivity index (χ3n) is 3.88. The Hall–Kier alpha value is -1.21. The van der Waals surface area contributed by atoms with Gasteiger partial charge in [-0.2, -0.15) is 11.3 Å². The molecule has 0 saturated carbocycles. The van der Waals surface area contributed by atoms with E-state index in [-0.39, 0.29) is 6.04 Å². The Balaban J connectivity index is 2.11. The number of nitrogens with zero attached hydrogens (tertiary/aromatic N) is 1. The number of likely N-dealkylation sites (N-methyl/N-ethyl adjacent to an activating group) is 1. The molecule has 2 aromatic rings. The molecule has 1 unspecified atom stereocenters. The molecule has 1 N–H and O–H groups in total. The van der Waals surface area contributed by atoms with Crippen LogP contribution in [0, 0.1) is 0 Å². The predicted molar refractivity (Wildman–Crippen MR) is 96.5 cm³/mol. The standard InChI is InChI=1S/C17H24N2O2S2/c1-13(2)14-5-7-16(8-6-14)23(20,21)18-11-17(19(3)4)15-9-10-22-12-15/h5-10,12-13,17-18H,11H2,1-4H3. The van der Waals surface area contributed by atoms with Gasteiger partial charge in [0.1, 0.15) is 0 Å². The molecule has 1 aromatic heterocycles. The molecule has 4 nitrogen and oxygen atoms in total. The lowest BCUT2D eigenvalue weighted by Crippen LogP contribution is -2.34. The summed E-state index contributed by atoms with van der Waals surface area (Å²) in [6.07, 6.45) is 0. The van der Waals surface area contributed by atoms with E-state index in [0.717, 1.165) is 11.1 Å². The molecule has 0 aliphatic heterocycles. The first-order chi connectivity index (χ1) is 10.8. The van der Waals surface area contributed by atoms with E-state index in [1.165, 1.54) is 0 Å². The first kappa shape index (κ1) is 18.1. The van der Waals surface area contributed by atoms with Gasteiger partial charge in [-0.15, -0.1) is 0 Å². The molecule has 0 fully saturated rings. The fourth-order valence-electron chi connectivity index (χ4n) is 2.37. The number of benzene rings is 1. The van der Waals surface area contributed by atoms with Gasteiger partial charge in [-0.25, -0.2) is 13.1 Å². The van der Waals surface area contributed by atoms with Crippen LogP contribution in [0.4, 0.5) is 0 Å². The maximum absolute atomic E-state index is 12.5. The Morgan fingerprint density at radius 1 is 1.09 bits per heavy atom. The summed E-state index contributed by atoms with van der Waals surface area (Å²) < 4.78 is 27.7. The number of hydrogen-bond donors (Lipinski definition) is 1. The van der Waals surface area contributed by atoms with Crippen molar-refractivity contribution >= 4 is 21.4 Å². The zero-order chi connectivity index (χ0) is 17.0. The summed E-state index contributed by atoms with van der Waals surface area (Å²) in [6, 6.07) is 9.15. The molecule has 0 bridgehead atoms. The van der Waals surface area contributed by atoms with Gasteiger partial charge in [0.15, 0.2) is 0 Å². The highest BCUT2D eigenvalue weighted by Gasteiger charge is 2.20. The second kappa shape index (κ2) is 7.57. The minimum atomic E-state index is -3.50. The molecule has 1 atom stereocenters. The van der Waals surface area contributed by atoms with Gasteiger partial charge in [0.05, 0.1) is 4.90 Å².